The van der Waals surface area contributed by atoms with Crippen LogP contribution < -0.4 is 0 Å². The van der Waals surface area contributed by atoms with E-state index in [1.165, 1.54) is 0 Å². The number of ether oxygens (including phenoxy) is 1. The molecule has 1 N–H and O–H groups in total. The van der Waals surface area contributed by atoms with Crippen LogP contribution >= 0.6 is 0 Å². The first-order valence-electron chi connectivity index (χ1n) is 7.58. The van der Waals surface area contributed by atoms with Crippen LogP contribution in [0.3, 0.4) is 0 Å². The Bertz CT molecular complexity index is 562. The minimum absolute atomic E-state index is 0.0357. The van der Waals surface area contributed by atoms with Crippen molar-refractivity contribution in [2.24, 2.45) is 0 Å². The molecule has 5 heteroatoms. The Labute approximate surface area is 130 Å². The van der Waals surface area contributed by atoms with Gasteiger partial charge in [-0.3, -0.25) is 0 Å². The monoisotopic (exact) mass is 305 g/mol. The maximum absolute atomic E-state index is 12.2. The number of carbonyl (C=O) groups is 2. The van der Waals surface area contributed by atoms with E-state index in [0.717, 1.165) is 18.4 Å². The molecular weight excluding hydrogens is 282 g/mol. The molecule has 0 aliphatic carbocycles. The highest BCUT2D eigenvalue weighted by Crippen LogP contribution is 2.30. The fourth-order valence-electron chi connectivity index (χ4n) is 2.77. The summed E-state index contributed by atoms with van der Waals surface area (Å²) < 4.78 is 5.41. The molecule has 0 radical (unpaired) electrons. The second kappa shape index (κ2) is 6.38. The first-order valence-corrected chi connectivity index (χ1v) is 7.58. The zero-order valence-corrected chi connectivity index (χ0v) is 13.3. The summed E-state index contributed by atoms with van der Waals surface area (Å²) in [6.07, 6.45) is 1.39. The van der Waals surface area contributed by atoms with Crippen LogP contribution in [0.1, 0.15) is 55.5 Å². The molecule has 1 aliphatic heterocycles. The number of aromatic carboxylic acids is 1. The molecule has 1 atom stereocenters. The van der Waals surface area contributed by atoms with E-state index in [9.17, 15) is 14.7 Å². The van der Waals surface area contributed by atoms with Gasteiger partial charge in [-0.15, -0.1) is 0 Å². The van der Waals surface area contributed by atoms with Gasteiger partial charge in [0.15, 0.2) is 0 Å². The molecule has 0 unspecified atom stereocenters. The van der Waals surface area contributed by atoms with Gasteiger partial charge in [0.25, 0.3) is 0 Å². The van der Waals surface area contributed by atoms with Gasteiger partial charge in [0.1, 0.15) is 5.60 Å². The number of amides is 1. The van der Waals surface area contributed by atoms with E-state index in [2.05, 4.69) is 0 Å². The van der Waals surface area contributed by atoms with E-state index < -0.39 is 11.6 Å². The Hall–Kier alpha value is -2.04. The lowest BCUT2D eigenvalue weighted by atomic mass is 9.87. The maximum atomic E-state index is 12.2. The predicted molar refractivity (Wildman–Crippen MR) is 83.2 cm³/mol. The number of piperidine rings is 1. The van der Waals surface area contributed by atoms with Gasteiger partial charge in [0.2, 0.25) is 0 Å². The Morgan fingerprint density at radius 3 is 2.59 bits per heavy atom. The van der Waals surface area contributed by atoms with Crippen LogP contribution in [-0.2, 0) is 4.74 Å². The number of carbonyl (C=O) groups excluding carboxylic acids is 1. The highest BCUT2D eigenvalue weighted by molar-refractivity contribution is 5.89. The summed E-state index contributed by atoms with van der Waals surface area (Å²) in [5.74, 6) is -0.890. The molecule has 1 fully saturated rings. The fourth-order valence-corrected chi connectivity index (χ4v) is 2.77. The molecule has 120 valence electrons. The minimum atomic E-state index is -0.926. The molecule has 0 bridgehead atoms. The molecule has 1 saturated heterocycles. The van der Waals surface area contributed by atoms with Crippen LogP contribution in [0.5, 0.6) is 0 Å². The third kappa shape index (κ3) is 4.00. The van der Waals surface area contributed by atoms with Crippen molar-refractivity contribution in [2.45, 2.75) is 45.1 Å². The maximum Gasteiger partial charge on any atom is 0.410 e. The molecule has 1 aromatic carbocycles. The van der Waals surface area contributed by atoms with Crippen LogP contribution in [0.4, 0.5) is 4.79 Å². The Morgan fingerprint density at radius 1 is 1.27 bits per heavy atom. The second-order valence-corrected chi connectivity index (χ2v) is 6.66. The van der Waals surface area contributed by atoms with E-state index >= 15 is 0 Å². The molecule has 0 spiro atoms. The van der Waals surface area contributed by atoms with Crippen LogP contribution in [-0.4, -0.2) is 40.8 Å². The van der Waals surface area contributed by atoms with Crippen molar-refractivity contribution in [2.75, 3.05) is 13.1 Å². The summed E-state index contributed by atoms with van der Waals surface area (Å²) in [6, 6.07) is 7.02. The number of rotatable bonds is 2. The number of nitrogens with zero attached hydrogens (tertiary/aromatic N) is 1. The molecule has 1 aliphatic rings. The summed E-state index contributed by atoms with van der Waals surface area (Å²) in [7, 11) is 0. The quantitative estimate of drug-likeness (QED) is 0.908. The largest absolute Gasteiger partial charge is 0.478 e. The molecule has 0 saturated carbocycles. The van der Waals surface area contributed by atoms with Crippen molar-refractivity contribution in [3.05, 3.63) is 35.4 Å². The highest BCUT2D eigenvalue weighted by atomic mass is 16.6. The minimum Gasteiger partial charge on any atom is -0.478 e. The van der Waals surface area contributed by atoms with E-state index in [0.29, 0.717) is 18.7 Å². The molecule has 1 heterocycles. The second-order valence-electron chi connectivity index (χ2n) is 6.66. The fraction of sp³-hybridized carbons (Fsp3) is 0.529. The Morgan fingerprint density at radius 2 is 1.95 bits per heavy atom. The standard InChI is InChI=1S/C17H23NO4/c1-17(2,3)22-16(21)18-10-6-7-12(11-18)13-8-4-5-9-14(13)15(19)20/h4-5,8-9,12H,6-7,10-11H2,1-3H3,(H,19,20)/t12-/m1/s1. The molecule has 22 heavy (non-hydrogen) atoms. The summed E-state index contributed by atoms with van der Waals surface area (Å²) in [5.41, 5.74) is 0.588. The summed E-state index contributed by atoms with van der Waals surface area (Å²) >= 11 is 0. The van der Waals surface area contributed by atoms with Gasteiger partial charge >= 0.3 is 12.1 Å². The average molecular weight is 305 g/mol. The lowest BCUT2D eigenvalue weighted by Gasteiger charge is -2.34. The molecular formula is C17H23NO4. The van der Waals surface area contributed by atoms with E-state index in [4.69, 9.17) is 4.74 Å². The normalized spacial score (nSPS) is 18.9. The van der Waals surface area contributed by atoms with Crippen LogP contribution in [0, 0.1) is 0 Å². The molecule has 1 aromatic rings. The molecule has 5 nitrogen and oxygen atoms in total. The van der Waals surface area contributed by atoms with Gasteiger partial charge in [-0.2, -0.15) is 0 Å². The van der Waals surface area contributed by atoms with E-state index in [-0.39, 0.29) is 12.0 Å². The Balaban J connectivity index is 2.14. The predicted octanol–water partition coefficient (Wildman–Crippen LogP) is 3.50. The number of likely N-dealkylation sites (tertiary alicyclic amines) is 1. The van der Waals surface area contributed by atoms with Gasteiger partial charge in [-0.05, 0) is 45.2 Å². The third-order valence-electron chi connectivity index (χ3n) is 3.70. The van der Waals surface area contributed by atoms with Crippen molar-refractivity contribution in [3.63, 3.8) is 0 Å². The van der Waals surface area contributed by atoms with Gasteiger partial charge in [0, 0.05) is 19.0 Å². The van der Waals surface area contributed by atoms with Crippen LogP contribution in [0.15, 0.2) is 24.3 Å². The molecule has 0 aromatic heterocycles. The van der Waals surface area contributed by atoms with E-state index in [1.807, 2.05) is 32.9 Å². The van der Waals surface area contributed by atoms with Crippen LogP contribution in [0.25, 0.3) is 0 Å². The zero-order valence-electron chi connectivity index (χ0n) is 13.3. The zero-order chi connectivity index (χ0) is 16.3. The van der Waals surface area contributed by atoms with E-state index in [1.54, 1.807) is 17.0 Å². The first kappa shape index (κ1) is 16.3. The Kier molecular flexibility index (Phi) is 4.74. The summed E-state index contributed by atoms with van der Waals surface area (Å²) in [6.45, 7) is 6.67. The topological polar surface area (TPSA) is 66.8 Å². The average Bonchev–Trinajstić information content (AvgIpc) is 2.45. The third-order valence-corrected chi connectivity index (χ3v) is 3.70. The van der Waals surface area contributed by atoms with Crippen molar-refractivity contribution < 1.29 is 19.4 Å². The number of hydrogen-bond acceptors (Lipinski definition) is 3. The van der Waals surface area contributed by atoms with Gasteiger partial charge in [-0.1, -0.05) is 18.2 Å². The number of carboxylic acid groups (broad SMARTS) is 1. The van der Waals surface area contributed by atoms with Gasteiger partial charge < -0.3 is 14.7 Å². The van der Waals surface area contributed by atoms with Gasteiger partial charge in [-0.25, -0.2) is 9.59 Å². The van der Waals surface area contributed by atoms with Crippen molar-refractivity contribution in [3.8, 4) is 0 Å². The smallest absolute Gasteiger partial charge is 0.410 e. The summed E-state index contributed by atoms with van der Waals surface area (Å²) in [5, 5.41) is 9.32. The van der Waals surface area contributed by atoms with Crippen LogP contribution in [0.2, 0.25) is 0 Å². The van der Waals surface area contributed by atoms with Gasteiger partial charge in [0.05, 0.1) is 5.56 Å². The molecule has 1 amide bonds. The number of carboxylic acids is 1. The lowest BCUT2D eigenvalue weighted by Crippen LogP contribution is -2.42. The SMILES string of the molecule is CC(C)(C)OC(=O)N1CCC[C@@H](c2ccccc2C(=O)O)C1. The van der Waals surface area contributed by atoms with Crippen molar-refractivity contribution in [1.82, 2.24) is 4.90 Å². The summed E-state index contributed by atoms with van der Waals surface area (Å²) in [4.78, 5) is 25.2. The lowest BCUT2D eigenvalue weighted by molar-refractivity contribution is 0.0198. The molecule has 2 rings (SSSR count). The number of benzene rings is 1. The first-order chi connectivity index (χ1) is 10.3. The number of hydrogen-bond donors (Lipinski definition) is 1. The van der Waals surface area contributed by atoms with Crippen molar-refractivity contribution in [1.29, 1.82) is 0 Å². The highest BCUT2D eigenvalue weighted by Gasteiger charge is 2.29. The van der Waals surface area contributed by atoms with Crippen molar-refractivity contribution >= 4 is 12.1 Å².